The van der Waals surface area contributed by atoms with Crippen molar-refractivity contribution in [3.63, 3.8) is 0 Å². The number of hydrogen-bond acceptors (Lipinski definition) is 2. The Hall–Kier alpha value is -0.770. The van der Waals surface area contributed by atoms with Gasteiger partial charge < -0.3 is 15.5 Å². The van der Waals surface area contributed by atoms with E-state index in [4.69, 9.17) is 0 Å². The topological polar surface area (TPSA) is 44.4 Å². The third kappa shape index (κ3) is 4.00. The number of urea groups is 1. The molecule has 4 nitrogen and oxygen atoms in total. The molecule has 2 N–H and O–H groups in total. The van der Waals surface area contributed by atoms with Crippen LogP contribution in [0.4, 0.5) is 4.79 Å². The summed E-state index contributed by atoms with van der Waals surface area (Å²) >= 11 is 0. The van der Waals surface area contributed by atoms with Gasteiger partial charge in [-0.1, -0.05) is 0 Å². The molecule has 0 saturated carbocycles. The maximum atomic E-state index is 11.9. The van der Waals surface area contributed by atoms with Gasteiger partial charge in [-0.15, -0.1) is 0 Å². The first-order valence-corrected chi connectivity index (χ1v) is 6.40. The number of amides is 2. The van der Waals surface area contributed by atoms with E-state index in [0.29, 0.717) is 12.5 Å². The molecule has 1 aliphatic rings. The molecule has 1 fully saturated rings. The van der Waals surface area contributed by atoms with Gasteiger partial charge in [0.25, 0.3) is 0 Å². The summed E-state index contributed by atoms with van der Waals surface area (Å²) in [5.41, 5.74) is 0. The zero-order valence-electron chi connectivity index (χ0n) is 10.8. The third-order valence-electron chi connectivity index (χ3n) is 3.07. The lowest BCUT2D eigenvalue weighted by molar-refractivity contribution is 0.164. The number of carbonyl (C=O) groups excluding carboxylic acids is 1. The Kier molecular flexibility index (Phi) is 5.60. The second kappa shape index (κ2) is 6.74. The Morgan fingerprint density at radius 1 is 1.56 bits per heavy atom. The van der Waals surface area contributed by atoms with Crippen LogP contribution < -0.4 is 10.6 Å². The van der Waals surface area contributed by atoms with Crippen molar-refractivity contribution in [1.82, 2.24) is 15.5 Å². The second-order valence-electron chi connectivity index (χ2n) is 4.79. The van der Waals surface area contributed by atoms with Gasteiger partial charge in [0.15, 0.2) is 0 Å². The van der Waals surface area contributed by atoms with Gasteiger partial charge in [0.2, 0.25) is 0 Å². The van der Waals surface area contributed by atoms with E-state index < -0.39 is 0 Å². The minimum absolute atomic E-state index is 0.0723. The van der Waals surface area contributed by atoms with Gasteiger partial charge in [0.05, 0.1) is 0 Å². The number of piperidine rings is 1. The highest BCUT2D eigenvalue weighted by atomic mass is 16.2. The van der Waals surface area contributed by atoms with Crippen LogP contribution in [0.2, 0.25) is 0 Å². The Labute approximate surface area is 98.8 Å². The molecule has 0 aliphatic carbocycles. The van der Waals surface area contributed by atoms with Gasteiger partial charge in [0.1, 0.15) is 0 Å². The predicted molar refractivity (Wildman–Crippen MR) is 66.5 cm³/mol. The largest absolute Gasteiger partial charge is 0.338 e. The zero-order valence-corrected chi connectivity index (χ0v) is 10.8. The zero-order chi connectivity index (χ0) is 12.0. The van der Waals surface area contributed by atoms with Crippen LogP contribution in [0.15, 0.2) is 0 Å². The van der Waals surface area contributed by atoms with E-state index in [1.54, 1.807) is 0 Å². The Bertz CT molecular complexity index is 212. The van der Waals surface area contributed by atoms with E-state index in [-0.39, 0.29) is 12.1 Å². The van der Waals surface area contributed by atoms with Crippen LogP contribution in [0.3, 0.4) is 0 Å². The smallest absolute Gasteiger partial charge is 0.317 e. The Balaban J connectivity index is 2.46. The SMILES string of the molecule is CCNC(=O)N(CC1CCCNC1)C(C)C. The molecule has 0 bridgehead atoms. The average Bonchev–Trinajstić information content (AvgIpc) is 2.27. The molecule has 0 aromatic heterocycles. The van der Waals surface area contributed by atoms with Gasteiger partial charge >= 0.3 is 6.03 Å². The van der Waals surface area contributed by atoms with Crippen LogP contribution in [0.1, 0.15) is 33.6 Å². The van der Waals surface area contributed by atoms with Crippen molar-refractivity contribution in [2.75, 3.05) is 26.2 Å². The van der Waals surface area contributed by atoms with Crippen molar-refractivity contribution in [2.24, 2.45) is 5.92 Å². The molecule has 0 aromatic rings. The van der Waals surface area contributed by atoms with E-state index in [9.17, 15) is 4.79 Å². The summed E-state index contributed by atoms with van der Waals surface area (Å²) in [6.45, 7) is 9.85. The van der Waals surface area contributed by atoms with Crippen molar-refractivity contribution in [3.8, 4) is 0 Å². The Morgan fingerprint density at radius 2 is 2.31 bits per heavy atom. The van der Waals surface area contributed by atoms with Crippen molar-refractivity contribution >= 4 is 6.03 Å². The summed E-state index contributed by atoms with van der Waals surface area (Å²) in [7, 11) is 0. The van der Waals surface area contributed by atoms with E-state index in [0.717, 1.165) is 19.6 Å². The minimum Gasteiger partial charge on any atom is -0.338 e. The van der Waals surface area contributed by atoms with Gasteiger partial charge in [-0.05, 0) is 52.6 Å². The van der Waals surface area contributed by atoms with Crippen LogP contribution in [0, 0.1) is 5.92 Å². The third-order valence-corrected chi connectivity index (χ3v) is 3.07. The van der Waals surface area contributed by atoms with Gasteiger partial charge in [-0.2, -0.15) is 0 Å². The fourth-order valence-corrected chi connectivity index (χ4v) is 2.14. The molecule has 0 radical (unpaired) electrons. The monoisotopic (exact) mass is 227 g/mol. The quantitative estimate of drug-likeness (QED) is 0.763. The van der Waals surface area contributed by atoms with E-state index >= 15 is 0 Å². The van der Waals surface area contributed by atoms with Gasteiger partial charge in [0, 0.05) is 19.1 Å². The van der Waals surface area contributed by atoms with Crippen molar-refractivity contribution in [1.29, 1.82) is 0 Å². The average molecular weight is 227 g/mol. The lowest BCUT2D eigenvalue weighted by Gasteiger charge is -2.32. The number of carbonyl (C=O) groups is 1. The molecular weight excluding hydrogens is 202 g/mol. The minimum atomic E-state index is 0.0723. The van der Waals surface area contributed by atoms with Crippen LogP contribution in [0.25, 0.3) is 0 Å². The van der Waals surface area contributed by atoms with E-state index in [2.05, 4.69) is 24.5 Å². The summed E-state index contributed by atoms with van der Waals surface area (Å²) in [5.74, 6) is 0.610. The van der Waals surface area contributed by atoms with Crippen LogP contribution in [-0.4, -0.2) is 43.2 Å². The second-order valence-corrected chi connectivity index (χ2v) is 4.79. The molecule has 16 heavy (non-hydrogen) atoms. The van der Waals surface area contributed by atoms with Crippen molar-refractivity contribution < 1.29 is 4.79 Å². The van der Waals surface area contributed by atoms with Crippen molar-refractivity contribution in [2.45, 2.75) is 39.7 Å². The number of nitrogens with zero attached hydrogens (tertiary/aromatic N) is 1. The van der Waals surface area contributed by atoms with E-state index in [1.807, 2.05) is 11.8 Å². The molecule has 4 heteroatoms. The molecule has 94 valence electrons. The fraction of sp³-hybridized carbons (Fsp3) is 0.917. The summed E-state index contributed by atoms with van der Waals surface area (Å²) < 4.78 is 0. The first kappa shape index (κ1) is 13.3. The lowest BCUT2D eigenvalue weighted by atomic mass is 9.99. The first-order chi connectivity index (χ1) is 7.65. The highest BCUT2D eigenvalue weighted by Crippen LogP contribution is 2.13. The van der Waals surface area contributed by atoms with Gasteiger partial charge in [-0.3, -0.25) is 0 Å². The molecule has 0 spiro atoms. The maximum absolute atomic E-state index is 11.9. The summed E-state index contributed by atoms with van der Waals surface area (Å²) in [4.78, 5) is 13.8. The standard InChI is InChI=1S/C12H25N3O/c1-4-14-12(16)15(10(2)3)9-11-6-5-7-13-8-11/h10-11,13H,4-9H2,1-3H3,(H,14,16). The Morgan fingerprint density at radius 3 is 2.81 bits per heavy atom. The molecule has 0 aromatic carbocycles. The molecule has 1 saturated heterocycles. The normalized spacial score (nSPS) is 20.9. The van der Waals surface area contributed by atoms with E-state index in [1.165, 1.54) is 12.8 Å². The molecule has 2 amide bonds. The number of nitrogens with one attached hydrogen (secondary N) is 2. The number of rotatable bonds is 4. The van der Waals surface area contributed by atoms with Crippen LogP contribution >= 0.6 is 0 Å². The molecule has 1 atom stereocenters. The highest BCUT2D eigenvalue weighted by Gasteiger charge is 2.22. The predicted octanol–water partition coefficient (Wildman–Crippen LogP) is 1.43. The molecular formula is C12H25N3O. The van der Waals surface area contributed by atoms with Crippen molar-refractivity contribution in [3.05, 3.63) is 0 Å². The summed E-state index contributed by atoms with van der Waals surface area (Å²) in [6, 6.07) is 0.344. The molecule has 1 aliphatic heterocycles. The fourth-order valence-electron chi connectivity index (χ4n) is 2.14. The lowest BCUT2D eigenvalue weighted by Crippen LogP contribution is -2.48. The number of hydrogen-bond donors (Lipinski definition) is 2. The molecule has 1 rings (SSSR count). The first-order valence-electron chi connectivity index (χ1n) is 6.40. The van der Waals surface area contributed by atoms with Crippen LogP contribution in [-0.2, 0) is 0 Å². The molecule has 1 heterocycles. The highest BCUT2D eigenvalue weighted by molar-refractivity contribution is 5.74. The summed E-state index contributed by atoms with van der Waals surface area (Å²) in [5, 5.41) is 6.27. The summed E-state index contributed by atoms with van der Waals surface area (Å²) in [6.07, 6.45) is 2.46. The maximum Gasteiger partial charge on any atom is 0.317 e. The molecule has 1 unspecified atom stereocenters. The van der Waals surface area contributed by atoms with Crippen LogP contribution in [0.5, 0.6) is 0 Å². The van der Waals surface area contributed by atoms with Gasteiger partial charge in [-0.25, -0.2) is 4.79 Å².